The molecule has 1 amide bonds. The summed E-state index contributed by atoms with van der Waals surface area (Å²) in [5.41, 5.74) is 0.228. The third-order valence-corrected chi connectivity index (χ3v) is 4.12. The maximum absolute atomic E-state index is 12.6. The molecule has 0 aliphatic rings. The minimum Gasteiger partial charge on any atom is -0.455 e. The van der Waals surface area contributed by atoms with E-state index in [1.54, 1.807) is 24.3 Å². The van der Waals surface area contributed by atoms with Gasteiger partial charge in [-0.15, -0.1) is 0 Å². The second kappa shape index (κ2) is 8.07. The van der Waals surface area contributed by atoms with Crippen LogP contribution in [0.25, 0.3) is 0 Å². The van der Waals surface area contributed by atoms with Crippen LogP contribution in [0, 0.1) is 10.1 Å². The molecule has 0 unspecified atom stereocenters. The molecule has 0 bridgehead atoms. The van der Waals surface area contributed by atoms with Gasteiger partial charge in [-0.2, -0.15) is 0 Å². The van der Waals surface area contributed by atoms with Crippen molar-refractivity contribution in [3.8, 4) is 11.5 Å². The molecule has 0 aliphatic heterocycles. The summed E-state index contributed by atoms with van der Waals surface area (Å²) in [5, 5.41) is 13.8. The highest BCUT2D eigenvalue weighted by atomic mass is 35.5. The first-order chi connectivity index (χ1) is 12.9. The number of amides is 1. The van der Waals surface area contributed by atoms with Crippen LogP contribution in [-0.4, -0.2) is 10.8 Å². The molecule has 0 saturated heterocycles. The van der Waals surface area contributed by atoms with E-state index in [1.165, 1.54) is 18.2 Å². The number of para-hydroxylation sites is 1. The number of rotatable bonds is 5. The average Bonchev–Trinajstić information content (AvgIpc) is 2.64. The van der Waals surface area contributed by atoms with Gasteiger partial charge >= 0.3 is 0 Å². The van der Waals surface area contributed by atoms with E-state index >= 15 is 0 Å². The van der Waals surface area contributed by atoms with Crippen LogP contribution < -0.4 is 10.1 Å². The number of carbonyl (C=O) groups is 1. The Hall–Kier alpha value is -3.09. The highest BCUT2D eigenvalue weighted by Gasteiger charge is 2.17. The van der Waals surface area contributed by atoms with E-state index in [2.05, 4.69) is 5.32 Å². The molecule has 0 spiro atoms. The molecular formula is C19H12Cl2N2O4. The molecule has 27 heavy (non-hydrogen) atoms. The second-order valence-corrected chi connectivity index (χ2v) is 6.27. The lowest BCUT2D eigenvalue weighted by Gasteiger charge is -2.13. The Morgan fingerprint density at radius 3 is 2.41 bits per heavy atom. The zero-order chi connectivity index (χ0) is 19.4. The Morgan fingerprint density at radius 1 is 1.00 bits per heavy atom. The predicted octanol–water partition coefficient (Wildman–Crippen LogP) is 5.95. The SMILES string of the molecule is O=C(Nc1cc(Cl)ccc1Oc1ccccc1)c1ccc([N+](=O)[O-])cc1Cl. The van der Waals surface area contributed by atoms with Gasteiger partial charge in [0.25, 0.3) is 11.6 Å². The molecule has 1 N–H and O–H groups in total. The largest absolute Gasteiger partial charge is 0.455 e. The Morgan fingerprint density at radius 2 is 1.74 bits per heavy atom. The molecule has 136 valence electrons. The van der Waals surface area contributed by atoms with Crippen LogP contribution in [0.2, 0.25) is 10.0 Å². The van der Waals surface area contributed by atoms with Crippen molar-refractivity contribution in [1.82, 2.24) is 0 Å². The lowest BCUT2D eigenvalue weighted by molar-refractivity contribution is -0.384. The van der Waals surface area contributed by atoms with Crippen LogP contribution in [0.4, 0.5) is 11.4 Å². The highest BCUT2D eigenvalue weighted by Crippen LogP contribution is 2.33. The smallest absolute Gasteiger partial charge is 0.270 e. The molecule has 3 rings (SSSR count). The summed E-state index contributed by atoms with van der Waals surface area (Å²) in [6.07, 6.45) is 0. The van der Waals surface area contributed by atoms with Crippen LogP contribution in [0.5, 0.6) is 11.5 Å². The molecule has 0 atom stereocenters. The third-order valence-electron chi connectivity index (χ3n) is 3.57. The quantitative estimate of drug-likeness (QED) is 0.422. The van der Waals surface area contributed by atoms with E-state index in [0.717, 1.165) is 6.07 Å². The van der Waals surface area contributed by atoms with Gasteiger partial charge in [-0.3, -0.25) is 14.9 Å². The summed E-state index contributed by atoms with van der Waals surface area (Å²) >= 11 is 12.0. The molecule has 0 saturated carbocycles. The topological polar surface area (TPSA) is 81.5 Å². The minimum atomic E-state index is -0.587. The van der Waals surface area contributed by atoms with Gasteiger partial charge < -0.3 is 10.1 Å². The fourth-order valence-electron chi connectivity index (χ4n) is 2.30. The summed E-state index contributed by atoms with van der Waals surface area (Å²) < 4.78 is 5.79. The molecule has 3 aromatic carbocycles. The van der Waals surface area contributed by atoms with Gasteiger partial charge in [0.1, 0.15) is 5.75 Å². The molecule has 0 fully saturated rings. The van der Waals surface area contributed by atoms with Crippen molar-refractivity contribution in [3.63, 3.8) is 0 Å². The monoisotopic (exact) mass is 402 g/mol. The van der Waals surface area contributed by atoms with E-state index in [9.17, 15) is 14.9 Å². The van der Waals surface area contributed by atoms with Crippen LogP contribution in [0.1, 0.15) is 10.4 Å². The fourth-order valence-corrected chi connectivity index (χ4v) is 2.73. The van der Waals surface area contributed by atoms with Crippen LogP contribution in [0.15, 0.2) is 66.7 Å². The summed E-state index contributed by atoms with van der Waals surface area (Å²) in [6, 6.07) is 17.5. The highest BCUT2D eigenvalue weighted by molar-refractivity contribution is 6.34. The number of nitrogens with zero attached hydrogens (tertiary/aromatic N) is 1. The lowest BCUT2D eigenvalue weighted by atomic mass is 10.2. The van der Waals surface area contributed by atoms with Crippen LogP contribution in [0.3, 0.4) is 0 Å². The summed E-state index contributed by atoms with van der Waals surface area (Å²) in [6.45, 7) is 0. The zero-order valence-corrected chi connectivity index (χ0v) is 15.2. The number of nitrogens with one attached hydrogen (secondary N) is 1. The fraction of sp³-hybridized carbons (Fsp3) is 0. The van der Waals surface area contributed by atoms with Crippen molar-refractivity contribution in [1.29, 1.82) is 0 Å². The molecule has 0 heterocycles. The Bertz CT molecular complexity index is 1010. The molecular weight excluding hydrogens is 391 g/mol. The first-order valence-electron chi connectivity index (χ1n) is 7.72. The number of halogens is 2. The number of ether oxygens (including phenoxy) is 1. The average molecular weight is 403 g/mol. The van der Waals surface area contributed by atoms with Gasteiger partial charge in [-0.25, -0.2) is 0 Å². The maximum Gasteiger partial charge on any atom is 0.270 e. The molecule has 0 aromatic heterocycles. The zero-order valence-electron chi connectivity index (χ0n) is 13.7. The summed E-state index contributed by atoms with van der Waals surface area (Å²) in [5.74, 6) is 0.427. The van der Waals surface area contributed by atoms with Gasteiger partial charge in [0, 0.05) is 17.2 Å². The number of carbonyl (C=O) groups excluding carboxylic acids is 1. The van der Waals surface area contributed by atoms with E-state index in [4.69, 9.17) is 27.9 Å². The number of anilines is 1. The number of nitro groups is 1. The van der Waals surface area contributed by atoms with Gasteiger partial charge in [0.05, 0.1) is 21.2 Å². The van der Waals surface area contributed by atoms with Crippen molar-refractivity contribution in [2.24, 2.45) is 0 Å². The molecule has 0 aliphatic carbocycles. The van der Waals surface area contributed by atoms with Gasteiger partial charge in [0.2, 0.25) is 0 Å². The van der Waals surface area contributed by atoms with Crippen molar-refractivity contribution in [3.05, 3.63) is 92.5 Å². The lowest BCUT2D eigenvalue weighted by Crippen LogP contribution is -2.13. The molecule has 0 radical (unpaired) electrons. The number of benzene rings is 3. The number of hydrogen-bond donors (Lipinski definition) is 1. The first-order valence-corrected chi connectivity index (χ1v) is 8.47. The van der Waals surface area contributed by atoms with Crippen molar-refractivity contribution in [2.75, 3.05) is 5.32 Å². The van der Waals surface area contributed by atoms with Crippen molar-refractivity contribution >= 4 is 40.5 Å². The third kappa shape index (κ3) is 4.55. The summed E-state index contributed by atoms with van der Waals surface area (Å²) in [4.78, 5) is 22.8. The van der Waals surface area contributed by atoms with E-state index in [1.807, 2.05) is 18.2 Å². The van der Waals surface area contributed by atoms with Crippen molar-refractivity contribution in [2.45, 2.75) is 0 Å². The van der Waals surface area contributed by atoms with Crippen LogP contribution >= 0.6 is 23.2 Å². The second-order valence-electron chi connectivity index (χ2n) is 5.43. The Kier molecular flexibility index (Phi) is 5.59. The normalized spacial score (nSPS) is 10.3. The van der Waals surface area contributed by atoms with Crippen molar-refractivity contribution < 1.29 is 14.5 Å². The molecule has 3 aromatic rings. The van der Waals surface area contributed by atoms with E-state index in [-0.39, 0.29) is 16.3 Å². The standard InChI is InChI=1S/C19H12Cl2N2O4/c20-12-6-9-18(27-14-4-2-1-3-5-14)17(10-12)22-19(24)15-8-7-13(23(25)26)11-16(15)21/h1-11H,(H,22,24). The van der Waals surface area contributed by atoms with E-state index in [0.29, 0.717) is 22.2 Å². The summed E-state index contributed by atoms with van der Waals surface area (Å²) in [7, 11) is 0. The van der Waals surface area contributed by atoms with E-state index < -0.39 is 10.8 Å². The maximum atomic E-state index is 12.6. The Balaban J connectivity index is 1.87. The van der Waals surface area contributed by atoms with Gasteiger partial charge in [-0.05, 0) is 36.4 Å². The Labute approximate surface area is 164 Å². The van der Waals surface area contributed by atoms with Gasteiger partial charge in [-0.1, -0.05) is 41.4 Å². The van der Waals surface area contributed by atoms with Crippen LogP contribution in [-0.2, 0) is 0 Å². The molecule has 8 heteroatoms. The number of non-ortho nitro benzene ring substituents is 1. The number of hydrogen-bond acceptors (Lipinski definition) is 4. The molecule has 6 nitrogen and oxygen atoms in total. The predicted molar refractivity (Wildman–Crippen MR) is 104 cm³/mol. The first kappa shape index (κ1) is 18.7. The van der Waals surface area contributed by atoms with Gasteiger partial charge in [0.15, 0.2) is 5.75 Å². The number of nitro benzene ring substituents is 1. The minimum absolute atomic E-state index is 0.0331.